The van der Waals surface area contributed by atoms with E-state index in [2.05, 4.69) is 49.1 Å². The number of unbranched alkanes of at least 4 members (excludes halogenated alkanes) is 1. The van der Waals surface area contributed by atoms with Gasteiger partial charge in [-0.3, -0.25) is 0 Å². The number of aromatic nitrogens is 5. The van der Waals surface area contributed by atoms with Crippen molar-refractivity contribution in [3.63, 3.8) is 0 Å². The van der Waals surface area contributed by atoms with Crippen LogP contribution in [0.4, 0.5) is 17.6 Å². The minimum atomic E-state index is -0.327. The molecule has 10 heteroatoms. The van der Waals surface area contributed by atoms with Gasteiger partial charge in [0.2, 0.25) is 17.7 Å². The molecule has 0 bridgehead atoms. The molecular weight excluding hydrogens is 420 g/mol. The van der Waals surface area contributed by atoms with E-state index >= 15 is 0 Å². The highest BCUT2D eigenvalue weighted by Gasteiger charge is 2.12. The summed E-state index contributed by atoms with van der Waals surface area (Å²) in [5.74, 6) is 1.43. The number of rotatable bonds is 9. The van der Waals surface area contributed by atoms with Gasteiger partial charge in [0, 0.05) is 6.08 Å². The largest absolute Gasteiger partial charge is 0.462 e. The van der Waals surface area contributed by atoms with Crippen LogP contribution < -0.4 is 10.9 Å². The second kappa shape index (κ2) is 10.6. The van der Waals surface area contributed by atoms with Crippen LogP contribution in [-0.2, 0) is 9.53 Å². The Hall–Kier alpha value is -3.95. The molecule has 1 aliphatic heterocycles. The van der Waals surface area contributed by atoms with Crippen LogP contribution in [0.2, 0.25) is 0 Å². The minimum Gasteiger partial charge on any atom is -0.462 e. The molecule has 170 valence electrons. The van der Waals surface area contributed by atoms with E-state index in [9.17, 15) is 4.79 Å². The van der Waals surface area contributed by atoms with Crippen molar-refractivity contribution in [3.8, 4) is 0 Å². The van der Waals surface area contributed by atoms with Crippen molar-refractivity contribution in [2.24, 2.45) is 15.9 Å². The summed E-state index contributed by atoms with van der Waals surface area (Å²) in [5, 5.41) is 2.95. The average Bonchev–Trinajstić information content (AvgIpc) is 2.84. The Morgan fingerprint density at radius 2 is 2.06 bits per heavy atom. The van der Waals surface area contributed by atoms with Gasteiger partial charge in [-0.2, -0.15) is 9.97 Å². The van der Waals surface area contributed by atoms with Crippen LogP contribution in [0.3, 0.4) is 0 Å². The fourth-order valence-electron chi connectivity index (χ4n) is 3.34. The number of esters is 1. The van der Waals surface area contributed by atoms with Gasteiger partial charge in [-0.1, -0.05) is 45.2 Å². The summed E-state index contributed by atoms with van der Waals surface area (Å²) in [6.45, 7) is 4.77. The summed E-state index contributed by atoms with van der Waals surface area (Å²) in [7, 11) is 0. The number of hydrogen-bond donors (Lipinski definition) is 1. The number of carbonyl (C=O) groups excluding carboxylic acids is 1. The molecule has 1 unspecified atom stereocenters. The normalized spacial score (nSPS) is 13.9. The Kier molecular flexibility index (Phi) is 7.13. The standard InChI is InChI=1S/C23H26N8O2/c1-3-5-6-16(4-2)13-33-19(32)12-9-17-7-10-18(11-8-17)28-20-29-22-26-14-24-21-25-15-27-23(30-20)31(21)22/h7-12,14-16H,3-6,13H2,1-2H3,(H,24,25,26,27,28,29,30)/b12-9+. The highest BCUT2D eigenvalue weighted by atomic mass is 16.5. The lowest BCUT2D eigenvalue weighted by Gasteiger charge is -2.13. The second-order valence-corrected chi connectivity index (χ2v) is 7.64. The number of carbonyl (C=O) groups is 1. The molecule has 4 rings (SSSR count). The third-order valence-corrected chi connectivity index (χ3v) is 5.28. The lowest BCUT2D eigenvalue weighted by atomic mass is 10.0. The van der Waals surface area contributed by atoms with Crippen molar-refractivity contribution in [1.82, 2.24) is 24.3 Å². The highest BCUT2D eigenvalue weighted by Crippen LogP contribution is 2.17. The van der Waals surface area contributed by atoms with Gasteiger partial charge in [-0.25, -0.2) is 29.1 Å². The lowest BCUT2D eigenvalue weighted by molar-refractivity contribution is -0.139. The van der Waals surface area contributed by atoms with E-state index in [0.717, 1.165) is 31.2 Å². The predicted octanol–water partition coefficient (Wildman–Crippen LogP) is 3.61. The molecule has 0 saturated heterocycles. The van der Waals surface area contributed by atoms with E-state index in [4.69, 9.17) is 4.74 Å². The number of nitrogens with one attached hydrogen (secondary N) is 1. The maximum atomic E-state index is 12.0. The first-order valence-electron chi connectivity index (χ1n) is 11.1. The summed E-state index contributed by atoms with van der Waals surface area (Å²) in [6.07, 6.45) is 10.5. The molecule has 10 nitrogen and oxygen atoms in total. The first-order chi connectivity index (χ1) is 16.2. The fourth-order valence-corrected chi connectivity index (χ4v) is 3.34. The van der Waals surface area contributed by atoms with Crippen LogP contribution in [-0.4, -0.2) is 43.3 Å². The van der Waals surface area contributed by atoms with Crippen LogP contribution >= 0.6 is 0 Å². The quantitative estimate of drug-likeness (QED) is 0.394. The highest BCUT2D eigenvalue weighted by molar-refractivity contribution is 5.87. The number of aliphatic imine (C=N–C) groups is 1. The van der Waals surface area contributed by atoms with Crippen molar-refractivity contribution in [1.29, 1.82) is 0 Å². The molecule has 2 aromatic heterocycles. The molecule has 33 heavy (non-hydrogen) atoms. The fraction of sp³-hybridized carbons (Fsp3) is 0.348. The molecule has 1 aromatic carbocycles. The van der Waals surface area contributed by atoms with Crippen LogP contribution in [0.5, 0.6) is 0 Å². The average molecular weight is 447 g/mol. The summed E-state index contributed by atoms with van der Waals surface area (Å²) < 4.78 is 7.01. The Balaban J connectivity index is 1.42. The van der Waals surface area contributed by atoms with Gasteiger partial charge < -0.3 is 10.1 Å². The number of ether oxygens (including phenoxy) is 1. The molecule has 0 amide bonds. The smallest absolute Gasteiger partial charge is 0.330 e. The maximum absolute atomic E-state index is 12.0. The molecule has 1 N–H and O–H groups in total. The minimum absolute atomic E-state index is 0.262. The molecule has 1 atom stereocenters. The Bertz CT molecular complexity index is 1250. The molecule has 3 aromatic rings. The van der Waals surface area contributed by atoms with Crippen LogP contribution in [0.15, 0.2) is 46.7 Å². The molecular formula is C23H26N8O2. The van der Waals surface area contributed by atoms with Crippen LogP contribution in [0.1, 0.15) is 45.1 Å². The van der Waals surface area contributed by atoms with Gasteiger partial charge in [0.25, 0.3) is 5.62 Å². The lowest BCUT2D eigenvalue weighted by Crippen LogP contribution is -2.22. The SMILES string of the molecule is CCCCC(CC)COC(=O)/C=C/c1ccc(N=c2nc3n4c(ncnc4n2)N=CN3)cc1. The van der Waals surface area contributed by atoms with Crippen molar-refractivity contribution in [2.45, 2.75) is 39.5 Å². The van der Waals surface area contributed by atoms with Gasteiger partial charge in [-0.05, 0) is 36.1 Å². The third kappa shape index (κ3) is 5.65. The molecule has 1 aliphatic rings. The third-order valence-electron chi connectivity index (χ3n) is 5.28. The van der Waals surface area contributed by atoms with Crippen molar-refractivity contribution >= 4 is 41.7 Å². The van der Waals surface area contributed by atoms with Crippen molar-refractivity contribution in [3.05, 3.63) is 47.9 Å². The molecule has 0 fully saturated rings. The molecule has 3 heterocycles. The zero-order valence-corrected chi connectivity index (χ0v) is 18.7. The monoisotopic (exact) mass is 446 g/mol. The molecule has 0 radical (unpaired) electrons. The Labute approximate surface area is 191 Å². The summed E-state index contributed by atoms with van der Waals surface area (Å²) in [4.78, 5) is 37.7. The maximum Gasteiger partial charge on any atom is 0.330 e. The van der Waals surface area contributed by atoms with E-state index in [1.165, 1.54) is 18.7 Å². The van der Waals surface area contributed by atoms with E-state index < -0.39 is 0 Å². The van der Waals surface area contributed by atoms with Crippen molar-refractivity contribution in [2.75, 3.05) is 11.9 Å². The number of hydrogen-bond acceptors (Lipinski definition) is 9. The van der Waals surface area contributed by atoms with E-state index in [1.807, 2.05) is 24.3 Å². The van der Waals surface area contributed by atoms with Crippen LogP contribution in [0.25, 0.3) is 11.9 Å². The van der Waals surface area contributed by atoms with Gasteiger partial charge in [0.05, 0.1) is 18.6 Å². The number of benzene rings is 1. The Morgan fingerprint density at radius 3 is 2.85 bits per heavy atom. The van der Waals surface area contributed by atoms with Gasteiger partial charge >= 0.3 is 5.97 Å². The van der Waals surface area contributed by atoms with Crippen LogP contribution in [0, 0.1) is 5.92 Å². The molecule has 0 aliphatic carbocycles. The first kappa shape index (κ1) is 22.3. The number of anilines is 1. The Morgan fingerprint density at radius 1 is 1.21 bits per heavy atom. The summed E-state index contributed by atoms with van der Waals surface area (Å²) in [6, 6.07) is 7.39. The zero-order valence-electron chi connectivity index (χ0n) is 18.7. The van der Waals surface area contributed by atoms with E-state index in [0.29, 0.717) is 35.9 Å². The molecule has 0 saturated carbocycles. The van der Waals surface area contributed by atoms with Crippen molar-refractivity contribution < 1.29 is 9.53 Å². The van der Waals surface area contributed by atoms with Gasteiger partial charge in [0.1, 0.15) is 6.33 Å². The first-order valence-corrected chi connectivity index (χ1v) is 11.1. The summed E-state index contributed by atoms with van der Waals surface area (Å²) >= 11 is 0. The van der Waals surface area contributed by atoms with E-state index in [-0.39, 0.29) is 11.6 Å². The van der Waals surface area contributed by atoms with E-state index in [1.54, 1.807) is 10.5 Å². The predicted molar refractivity (Wildman–Crippen MR) is 125 cm³/mol. The molecule has 0 spiro atoms. The van der Waals surface area contributed by atoms with Gasteiger partial charge in [-0.15, -0.1) is 0 Å². The summed E-state index contributed by atoms with van der Waals surface area (Å²) in [5.41, 5.74) is 1.80. The second-order valence-electron chi connectivity index (χ2n) is 7.64. The zero-order chi connectivity index (χ0) is 23.0. The number of nitrogens with zero attached hydrogens (tertiary/aromatic N) is 7. The topological polar surface area (TPSA) is 119 Å². The van der Waals surface area contributed by atoms with Gasteiger partial charge in [0.15, 0.2) is 0 Å².